The van der Waals surface area contributed by atoms with Crippen molar-refractivity contribution in [2.24, 2.45) is 0 Å². The van der Waals surface area contributed by atoms with Crippen molar-refractivity contribution in [2.45, 2.75) is 37.9 Å². The summed E-state index contributed by atoms with van der Waals surface area (Å²) in [4.78, 5) is 39.3. The van der Waals surface area contributed by atoms with Crippen LogP contribution in [0.5, 0.6) is 0 Å². The van der Waals surface area contributed by atoms with Gasteiger partial charge in [0.05, 0.1) is 24.7 Å². The number of benzene rings is 1. The first kappa shape index (κ1) is 23.1. The van der Waals surface area contributed by atoms with Crippen LogP contribution in [0.4, 0.5) is 10.7 Å². The van der Waals surface area contributed by atoms with E-state index in [0.29, 0.717) is 43.8 Å². The van der Waals surface area contributed by atoms with Gasteiger partial charge in [-0.3, -0.25) is 19.6 Å². The Morgan fingerprint density at radius 1 is 1.27 bits per heavy atom. The summed E-state index contributed by atoms with van der Waals surface area (Å²) in [5.41, 5.74) is 3.36. The second-order valence-electron chi connectivity index (χ2n) is 8.14. The highest BCUT2D eigenvalue weighted by Crippen LogP contribution is 2.28. The van der Waals surface area contributed by atoms with E-state index in [4.69, 9.17) is 4.74 Å². The zero-order valence-corrected chi connectivity index (χ0v) is 19.6. The Morgan fingerprint density at radius 2 is 2.03 bits per heavy atom. The molecule has 1 atom stereocenters. The van der Waals surface area contributed by atoms with Gasteiger partial charge < -0.3 is 15.0 Å². The minimum atomic E-state index is -1.02. The molecule has 2 aliphatic heterocycles. The molecule has 3 heterocycles. The number of carbonyl (C=O) groups excluding carboxylic acids is 3. The monoisotopic (exact) mass is 473 g/mol. The summed E-state index contributed by atoms with van der Waals surface area (Å²) in [6, 6.07) is 7.31. The number of aryl methyl sites for hydroxylation is 1. The lowest BCUT2D eigenvalue weighted by molar-refractivity contribution is -0.137. The number of urea groups is 1. The topological polar surface area (TPSA) is 122 Å². The summed E-state index contributed by atoms with van der Waals surface area (Å²) in [6.45, 7) is 8.02. The van der Waals surface area contributed by atoms with E-state index in [2.05, 4.69) is 25.8 Å². The zero-order chi connectivity index (χ0) is 23.6. The van der Waals surface area contributed by atoms with Crippen LogP contribution in [0.15, 0.2) is 29.4 Å². The summed E-state index contributed by atoms with van der Waals surface area (Å²) >= 11 is 1.18. The molecule has 2 aliphatic rings. The van der Waals surface area contributed by atoms with E-state index >= 15 is 0 Å². The van der Waals surface area contributed by atoms with Gasteiger partial charge in [-0.2, -0.15) is 5.01 Å². The number of hydrazine groups is 1. The van der Waals surface area contributed by atoms with Crippen LogP contribution in [-0.4, -0.2) is 75.2 Å². The first-order valence-corrected chi connectivity index (χ1v) is 11.7. The summed E-state index contributed by atoms with van der Waals surface area (Å²) in [5, 5.41) is 12.6. The Balaban J connectivity index is 1.51. The van der Waals surface area contributed by atoms with Crippen molar-refractivity contribution in [2.75, 3.05) is 37.0 Å². The highest BCUT2D eigenvalue weighted by molar-refractivity contribution is 7.99. The third-order valence-corrected chi connectivity index (χ3v) is 6.64. The van der Waals surface area contributed by atoms with Gasteiger partial charge in [-0.05, 0) is 38.0 Å². The molecule has 12 heteroatoms. The number of thioether (sulfide) groups is 1. The maximum absolute atomic E-state index is 12.6. The number of aromatic nitrogens is 3. The molecule has 2 aromatic rings. The molecular weight excluding hydrogens is 446 g/mol. The number of morpholine rings is 1. The summed E-state index contributed by atoms with van der Waals surface area (Å²) in [7, 11) is 0. The molecule has 2 fully saturated rings. The second-order valence-corrected chi connectivity index (χ2v) is 9.08. The highest BCUT2D eigenvalue weighted by atomic mass is 32.2. The Morgan fingerprint density at radius 3 is 2.70 bits per heavy atom. The van der Waals surface area contributed by atoms with Gasteiger partial charge >= 0.3 is 6.03 Å². The van der Waals surface area contributed by atoms with Crippen LogP contribution in [0, 0.1) is 6.92 Å². The van der Waals surface area contributed by atoms with Gasteiger partial charge in [0.15, 0.2) is 5.16 Å². The van der Waals surface area contributed by atoms with Crippen LogP contribution in [-0.2, 0) is 14.3 Å². The standard InChI is InChI=1S/C21H27N7O4S/c1-4-21(3)17(30)28(19(31)22-21)25-16(29)13-33-20-24-23-18(26-8-10-32-11-9-26)27(20)15-7-5-6-14(2)12-15/h5-7,12H,4,8-11,13H2,1-3H3,(H,22,31)(H,25,29)/t21-/m1/s1. The number of nitrogens with zero attached hydrogens (tertiary/aromatic N) is 5. The molecule has 4 rings (SSSR count). The zero-order valence-electron chi connectivity index (χ0n) is 18.8. The molecule has 1 aromatic heterocycles. The van der Waals surface area contributed by atoms with E-state index in [9.17, 15) is 14.4 Å². The van der Waals surface area contributed by atoms with Crippen molar-refractivity contribution in [3.05, 3.63) is 29.8 Å². The Kier molecular flexibility index (Phi) is 6.56. The summed E-state index contributed by atoms with van der Waals surface area (Å²) in [6.07, 6.45) is 0.419. The molecule has 2 saturated heterocycles. The summed E-state index contributed by atoms with van der Waals surface area (Å²) in [5.74, 6) is -0.339. The fourth-order valence-corrected chi connectivity index (χ4v) is 4.37. The molecule has 0 bridgehead atoms. The second kappa shape index (κ2) is 9.40. The van der Waals surface area contributed by atoms with E-state index in [1.807, 2.05) is 35.8 Å². The minimum Gasteiger partial charge on any atom is -0.378 e. The number of amides is 4. The minimum absolute atomic E-state index is 0.0487. The number of anilines is 1. The maximum atomic E-state index is 12.6. The van der Waals surface area contributed by atoms with Crippen molar-refractivity contribution in [1.82, 2.24) is 30.5 Å². The molecule has 0 saturated carbocycles. The fraction of sp³-hybridized carbons (Fsp3) is 0.476. The van der Waals surface area contributed by atoms with Crippen molar-refractivity contribution < 1.29 is 19.1 Å². The van der Waals surface area contributed by atoms with E-state index < -0.39 is 23.4 Å². The van der Waals surface area contributed by atoms with Crippen LogP contribution in [0.1, 0.15) is 25.8 Å². The largest absolute Gasteiger partial charge is 0.378 e. The van der Waals surface area contributed by atoms with Gasteiger partial charge in [0.1, 0.15) is 5.54 Å². The molecule has 0 unspecified atom stereocenters. The van der Waals surface area contributed by atoms with E-state index in [1.54, 1.807) is 13.8 Å². The highest BCUT2D eigenvalue weighted by Gasteiger charge is 2.47. The quantitative estimate of drug-likeness (QED) is 0.455. The summed E-state index contributed by atoms with van der Waals surface area (Å²) < 4.78 is 7.37. The Labute approximate surface area is 195 Å². The molecule has 4 amide bonds. The average molecular weight is 474 g/mol. The van der Waals surface area contributed by atoms with Gasteiger partial charge in [-0.1, -0.05) is 30.8 Å². The number of rotatable bonds is 7. The third-order valence-electron chi connectivity index (χ3n) is 5.71. The molecule has 2 N–H and O–H groups in total. The predicted octanol–water partition coefficient (Wildman–Crippen LogP) is 1.26. The normalized spacial score (nSPS) is 20.8. The molecule has 11 nitrogen and oxygen atoms in total. The number of ether oxygens (including phenoxy) is 1. The predicted molar refractivity (Wildman–Crippen MR) is 122 cm³/mol. The number of nitrogens with one attached hydrogen (secondary N) is 2. The van der Waals surface area contributed by atoms with Crippen LogP contribution >= 0.6 is 11.8 Å². The number of imide groups is 1. The fourth-order valence-electron chi connectivity index (χ4n) is 3.63. The van der Waals surface area contributed by atoms with E-state index in [0.717, 1.165) is 16.3 Å². The molecule has 1 aromatic carbocycles. The third kappa shape index (κ3) is 4.67. The van der Waals surface area contributed by atoms with Crippen molar-refractivity contribution in [3.63, 3.8) is 0 Å². The molecule has 176 valence electrons. The molecule has 33 heavy (non-hydrogen) atoms. The Hall–Kier alpha value is -3.12. The number of hydrogen-bond acceptors (Lipinski definition) is 8. The van der Waals surface area contributed by atoms with Gasteiger partial charge in [0.25, 0.3) is 5.91 Å². The van der Waals surface area contributed by atoms with Gasteiger partial charge in [0.2, 0.25) is 11.9 Å². The molecular formula is C21H27N7O4S. The van der Waals surface area contributed by atoms with Crippen molar-refractivity contribution >= 4 is 35.6 Å². The SMILES string of the molecule is CC[C@@]1(C)NC(=O)N(NC(=O)CSc2nnc(N3CCOCC3)n2-c2cccc(C)c2)C1=O. The Bertz CT molecular complexity index is 1070. The van der Waals surface area contributed by atoms with Gasteiger partial charge in [0, 0.05) is 13.1 Å². The van der Waals surface area contributed by atoms with Gasteiger partial charge in [-0.15, -0.1) is 10.2 Å². The number of hydrogen-bond donors (Lipinski definition) is 2. The first-order chi connectivity index (χ1) is 15.8. The lowest BCUT2D eigenvalue weighted by atomic mass is 10.00. The van der Waals surface area contributed by atoms with Crippen molar-refractivity contribution in [1.29, 1.82) is 0 Å². The van der Waals surface area contributed by atoms with E-state index in [-0.39, 0.29) is 5.75 Å². The first-order valence-electron chi connectivity index (χ1n) is 10.8. The molecule has 0 aliphatic carbocycles. The lowest BCUT2D eigenvalue weighted by Gasteiger charge is -2.28. The van der Waals surface area contributed by atoms with Crippen LogP contribution in [0.2, 0.25) is 0 Å². The van der Waals surface area contributed by atoms with Crippen LogP contribution in [0.25, 0.3) is 5.69 Å². The van der Waals surface area contributed by atoms with Crippen LogP contribution < -0.4 is 15.6 Å². The average Bonchev–Trinajstić information content (AvgIpc) is 3.33. The van der Waals surface area contributed by atoms with Crippen LogP contribution in [0.3, 0.4) is 0 Å². The maximum Gasteiger partial charge on any atom is 0.344 e. The molecule has 0 radical (unpaired) electrons. The molecule has 0 spiro atoms. The smallest absolute Gasteiger partial charge is 0.344 e. The van der Waals surface area contributed by atoms with E-state index in [1.165, 1.54) is 11.8 Å². The van der Waals surface area contributed by atoms with Gasteiger partial charge in [-0.25, -0.2) is 4.79 Å². The lowest BCUT2D eigenvalue weighted by Crippen LogP contribution is -2.49. The van der Waals surface area contributed by atoms with Crippen molar-refractivity contribution in [3.8, 4) is 5.69 Å². The number of carbonyl (C=O) groups is 3.